The summed E-state index contributed by atoms with van der Waals surface area (Å²) >= 11 is 4.56. The predicted molar refractivity (Wildman–Crippen MR) is 51.6 cm³/mol. The fraction of sp³-hybridized carbons (Fsp3) is 0.400. The number of nitrogens with zero attached hydrogens (tertiary/aromatic N) is 3. The zero-order valence-electron chi connectivity index (χ0n) is 6.61. The number of hydrogen-bond acceptors (Lipinski definition) is 4. The quantitative estimate of drug-likeness (QED) is 0.338. The van der Waals surface area contributed by atoms with Gasteiger partial charge in [-0.1, -0.05) is 0 Å². The molecule has 0 spiro atoms. The molecule has 0 radical (unpaired) electrons. The fourth-order valence-corrected chi connectivity index (χ4v) is 0.772. The molecular formula is C5H10N6S. The Morgan fingerprint density at radius 1 is 1.83 bits per heavy atom. The van der Waals surface area contributed by atoms with Gasteiger partial charge in [-0.15, -0.1) is 0 Å². The van der Waals surface area contributed by atoms with Crippen LogP contribution in [0.1, 0.15) is 0 Å². The summed E-state index contributed by atoms with van der Waals surface area (Å²) in [5.41, 5.74) is 13.1. The van der Waals surface area contributed by atoms with E-state index in [4.69, 9.17) is 11.5 Å². The molecule has 0 aromatic heterocycles. The lowest BCUT2D eigenvalue weighted by atomic mass is 10.6. The van der Waals surface area contributed by atoms with E-state index in [2.05, 4.69) is 27.7 Å². The van der Waals surface area contributed by atoms with Crippen molar-refractivity contribution in [3.63, 3.8) is 0 Å². The minimum absolute atomic E-state index is 0.117. The molecule has 7 heteroatoms. The van der Waals surface area contributed by atoms with E-state index in [1.165, 1.54) is 0 Å². The highest BCUT2D eigenvalue weighted by Crippen LogP contribution is 1.96. The SMILES string of the molecule is CN1CC(=NNC(N)=S)N=C1N. The Labute approximate surface area is 75.3 Å². The van der Waals surface area contributed by atoms with Gasteiger partial charge in [-0.2, -0.15) is 10.1 Å². The number of hydrazone groups is 1. The van der Waals surface area contributed by atoms with Crippen LogP contribution in [0.25, 0.3) is 0 Å². The van der Waals surface area contributed by atoms with Crippen LogP contribution in [0.4, 0.5) is 0 Å². The maximum atomic E-state index is 5.48. The maximum absolute atomic E-state index is 5.48. The van der Waals surface area contributed by atoms with E-state index in [0.29, 0.717) is 18.3 Å². The Morgan fingerprint density at radius 2 is 2.50 bits per heavy atom. The van der Waals surface area contributed by atoms with Gasteiger partial charge >= 0.3 is 0 Å². The third kappa shape index (κ3) is 2.06. The topological polar surface area (TPSA) is 92.0 Å². The van der Waals surface area contributed by atoms with Gasteiger partial charge in [0.05, 0.1) is 6.54 Å². The van der Waals surface area contributed by atoms with Crippen molar-refractivity contribution in [3.05, 3.63) is 0 Å². The number of nitrogens with one attached hydrogen (secondary N) is 1. The summed E-state index contributed by atoms with van der Waals surface area (Å²) in [6.45, 7) is 0.571. The Morgan fingerprint density at radius 3 is 2.92 bits per heavy atom. The van der Waals surface area contributed by atoms with Crippen LogP contribution in [0.5, 0.6) is 0 Å². The van der Waals surface area contributed by atoms with Crippen LogP contribution >= 0.6 is 12.2 Å². The molecule has 0 amide bonds. The molecule has 0 aromatic rings. The summed E-state index contributed by atoms with van der Waals surface area (Å²) in [4.78, 5) is 5.70. The highest BCUT2D eigenvalue weighted by molar-refractivity contribution is 7.80. The van der Waals surface area contributed by atoms with E-state index in [-0.39, 0.29) is 5.11 Å². The number of nitrogens with two attached hydrogens (primary N) is 2. The van der Waals surface area contributed by atoms with Crippen molar-refractivity contribution in [1.29, 1.82) is 0 Å². The smallest absolute Gasteiger partial charge is 0.197 e. The van der Waals surface area contributed by atoms with E-state index >= 15 is 0 Å². The zero-order chi connectivity index (χ0) is 9.14. The van der Waals surface area contributed by atoms with Gasteiger partial charge in [0.1, 0.15) is 0 Å². The number of rotatable bonds is 1. The van der Waals surface area contributed by atoms with Gasteiger partial charge in [-0.25, -0.2) is 0 Å². The summed E-state index contributed by atoms with van der Waals surface area (Å²) < 4.78 is 0. The van der Waals surface area contributed by atoms with Crippen molar-refractivity contribution < 1.29 is 0 Å². The van der Waals surface area contributed by atoms with Crippen LogP contribution in [0, 0.1) is 0 Å². The number of guanidine groups is 1. The molecule has 1 aliphatic heterocycles. The number of hydrogen-bond donors (Lipinski definition) is 3. The number of thiocarbonyl (C=S) groups is 1. The lowest BCUT2D eigenvalue weighted by Gasteiger charge is -2.06. The van der Waals surface area contributed by atoms with Crippen molar-refractivity contribution in [2.24, 2.45) is 21.6 Å². The monoisotopic (exact) mass is 186 g/mol. The molecule has 0 saturated carbocycles. The second-order valence-corrected chi connectivity index (χ2v) is 2.77. The standard InChI is InChI=1S/C5H10N6S/c1-11-2-3(8-4(11)6)9-10-5(7)12/h2H2,1H3,(H2,6,8,9)(H3,7,10,12). The van der Waals surface area contributed by atoms with E-state index in [0.717, 1.165) is 0 Å². The van der Waals surface area contributed by atoms with Crippen molar-refractivity contribution in [2.75, 3.05) is 13.6 Å². The average molecular weight is 186 g/mol. The molecule has 66 valence electrons. The summed E-state index contributed by atoms with van der Waals surface area (Å²) in [6, 6.07) is 0. The first-order valence-electron chi connectivity index (χ1n) is 3.27. The average Bonchev–Trinajstić information content (AvgIpc) is 2.28. The number of aliphatic imine (C=N–C) groups is 1. The van der Waals surface area contributed by atoms with Crippen LogP contribution in [0.3, 0.4) is 0 Å². The summed E-state index contributed by atoms with van der Waals surface area (Å²) in [5.74, 6) is 1.02. The van der Waals surface area contributed by atoms with Crippen molar-refractivity contribution in [3.8, 4) is 0 Å². The molecule has 5 N–H and O–H groups in total. The highest BCUT2D eigenvalue weighted by atomic mass is 32.1. The Kier molecular flexibility index (Phi) is 2.44. The van der Waals surface area contributed by atoms with Crippen LogP contribution < -0.4 is 16.9 Å². The maximum Gasteiger partial charge on any atom is 0.197 e. The van der Waals surface area contributed by atoms with E-state index in [1.54, 1.807) is 4.90 Å². The third-order valence-corrected chi connectivity index (χ3v) is 1.40. The van der Waals surface area contributed by atoms with E-state index in [9.17, 15) is 0 Å². The summed E-state index contributed by atoms with van der Waals surface area (Å²) in [7, 11) is 1.82. The van der Waals surface area contributed by atoms with E-state index in [1.807, 2.05) is 7.05 Å². The molecule has 0 atom stereocenters. The Bertz CT molecular complexity index is 257. The molecule has 0 aromatic carbocycles. The van der Waals surface area contributed by atoms with Crippen molar-refractivity contribution >= 4 is 29.1 Å². The van der Waals surface area contributed by atoms with Crippen LogP contribution in [0.2, 0.25) is 0 Å². The fourth-order valence-electron chi connectivity index (χ4n) is 0.726. The zero-order valence-corrected chi connectivity index (χ0v) is 7.43. The van der Waals surface area contributed by atoms with Crippen LogP contribution in [0.15, 0.2) is 10.1 Å². The van der Waals surface area contributed by atoms with Gasteiger partial charge < -0.3 is 16.4 Å². The second kappa shape index (κ2) is 3.35. The molecule has 0 saturated heterocycles. The minimum Gasteiger partial charge on any atom is -0.375 e. The Hall–Kier alpha value is -1.37. The van der Waals surface area contributed by atoms with Gasteiger partial charge in [0.25, 0.3) is 0 Å². The largest absolute Gasteiger partial charge is 0.375 e. The lowest BCUT2D eigenvalue weighted by molar-refractivity contribution is 0.590. The van der Waals surface area contributed by atoms with Gasteiger partial charge in [0.15, 0.2) is 16.9 Å². The van der Waals surface area contributed by atoms with Gasteiger partial charge in [-0.3, -0.25) is 5.43 Å². The van der Waals surface area contributed by atoms with Crippen LogP contribution in [-0.4, -0.2) is 35.4 Å². The normalized spacial score (nSPS) is 19.6. The molecular weight excluding hydrogens is 176 g/mol. The second-order valence-electron chi connectivity index (χ2n) is 2.33. The Balaban J connectivity index is 2.57. The predicted octanol–water partition coefficient (Wildman–Crippen LogP) is -1.61. The lowest BCUT2D eigenvalue weighted by Crippen LogP contribution is -2.30. The number of amidine groups is 1. The molecule has 0 aliphatic carbocycles. The summed E-state index contributed by atoms with van der Waals surface area (Å²) in [5, 5.41) is 3.93. The molecule has 0 unspecified atom stereocenters. The van der Waals surface area contributed by atoms with Crippen molar-refractivity contribution in [1.82, 2.24) is 10.3 Å². The molecule has 12 heavy (non-hydrogen) atoms. The molecule has 0 bridgehead atoms. The van der Waals surface area contributed by atoms with Gasteiger partial charge in [0.2, 0.25) is 0 Å². The molecule has 1 aliphatic rings. The third-order valence-electron chi connectivity index (χ3n) is 1.31. The molecule has 6 nitrogen and oxygen atoms in total. The molecule has 1 heterocycles. The number of likely N-dealkylation sites (N-methyl/N-ethyl adjacent to an activating group) is 1. The van der Waals surface area contributed by atoms with E-state index < -0.39 is 0 Å². The first-order valence-corrected chi connectivity index (χ1v) is 3.67. The minimum atomic E-state index is 0.117. The highest BCUT2D eigenvalue weighted by Gasteiger charge is 2.14. The molecule has 1 rings (SSSR count). The first-order chi connectivity index (χ1) is 5.59. The first kappa shape index (κ1) is 8.72. The summed E-state index contributed by atoms with van der Waals surface area (Å²) in [6.07, 6.45) is 0. The van der Waals surface area contributed by atoms with Gasteiger partial charge in [-0.05, 0) is 12.2 Å². The van der Waals surface area contributed by atoms with Gasteiger partial charge in [0, 0.05) is 7.05 Å². The van der Waals surface area contributed by atoms with Crippen LogP contribution in [-0.2, 0) is 0 Å². The molecule has 0 fully saturated rings. The van der Waals surface area contributed by atoms with Crippen molar-refractivity contribution in [2.45, 2.75) is 0 Å².